The summed E-state index contributed by atoms with van der Waals surface area (Å²) in [6, 6.07) is 8.15. The molecule has 1 aliphatic carbocycles. The molecule has 6 nitrogen and oxygen atoms in total. The first-order chi connectivity index (χ1) is 14.6. The van der Waals surface area contributed by atoms with Crippen molar-refractivity contribution in [1.82, 2.24) is 24.6 Å². The third-order valence-electron chi connectivity index (χ3n) is 6.23. The lowest BCUT2D eigenvalue weighted by molar-refractivity contribution is -0.132. The maximum absolute atomic E-state index is 13.1. The molecule has 0 N–H and O–H groups in total. The Balaban J connectivity index is 1.55. The summed E-state index contributed by atoms with van der Waals surface area (Å²) in [5, 5.41) is 10.3. The number of likely N-dealkylation sites (N-methyl/N-ethyl adjacent to an activating group) is 1. The first-order valence-electron chi connectivity index (χ1n) is 11.0. The molecule has 0 bridgehead atoms. The molecule has 1 aromatic heterocycles. The Hall–Kier alpha value is -1.57. The summed E-state index contributed by atoms with van der Waals surface area (Å²) in [6.45, 7) is 8.71. The molecular weight excluding hydrogens is 418 g/mol. The Kier molecular flexibility index (Phi) is 7.01. The molecule has 2 fully saturated rings. The van der Waals surface area contributed by atoms with Gasteiger partial charge in [0.25, 0.3) is 0 Å². The third kappa shape index (κ3) is 4.53. The van der Waals surface area contributed by atoms with Gasteiger partial charge in [-0.1, -0.05) is 55.3 Å². The second-order valence-corrected chi connectivity index (χ2v) is 9.83. The SMILES string of the molecule is CCN1CCN(C(=O)[C@@H](C)Sc2nnc(-c3ccccc3Cl)n2C2CCCC2)CC1. The van der Waals surface area contributed by atoms with E-state index in [-0.39, 0.29) is 11.2 Å². The van der Waals surface area contributed by atoms with E-state index in [1.54, 1.807) is 0 Å². The Morgan fingerprint density at radius 3 is 2.53 bits per heavy atom. The van der Waals surface area contributed by atoms with Gasteiger partial charge in [0.15, 0.2) is 11.0 Å². The number of halogens is 1. The van der Waals surface area contributed by atoms with Crippen molar-refractivity contribution < 1.29 is 4.79 Å². The van der Waals surface area contributed by atoms with Crippen molar-refractivity contribution in [2.45, 2.75) is 56.0 Å². The molecule has 0 spiro atoms. The van der Waals surface area contributed by atoms with Crippen molar-refractivity contribution in [3.05, 3.63) is 29.3 Å². The summed E-state index contributed by atoms with van der Waals surface area (Å²) in [6.07, 6.45) is 4.66. The second-order valence-electron chi connectivity index (χ2n) is 8.11. The number of thioether (sulfide) groups is 1. The Morgan fingerprint density at radius 2 is 1.87 bits per heavy atom. The van der Waals surface area contributed by atoms with Gasteiger partial charge in [-0.05, 0) is 38.4 Å². The van der Waals surface area contributed by atoms with Crippen molar-refractivity contribution >= 4 is 29.3 Å². The van der Waals surface area contributed by atoms with Crippen molar-refractivity contribution in [1.29, 1.82) is 0 Å². The minimum absolute atomic E-state index is 0.191. The predicted octanol–water partition coefficient (Wildman–Crippen LogP) is 4.36. The fourth-order valence-corrected chi connectivity index (χ4v) is 5.65. The van der Waals surface area contributed by atoms with Gasteiger partial charge in [-0.25, -0.2) is 0 Å². The summed E-state index contributed by atoms with van der Waals surface area (Å²) in [7, 11) is 0. The fourth-order valence-electron chi connectivity index (χ4n) is 4.43. The van der Waals surface area contributed by atoms with Crippen LogP contribution in [0.1, 0.15) is 45.6 Å². The van der Waals surface area contributed by atoms with Crippen LogP contribution in [0.15, 0.2) is 29.4 Å². The van der Waals surface area contributed by atoms with Crippen LogP contribution >= 0.6 is 23.4 Å². The highest BCUT2D eigenvalue weighted by molar-refractivity contribution is 8.00. The van der Waals surface area contributed by atoms with E-state index in [0.717, 1.165) is 62.1 Å². The molecule has 2 aromatic rings. The van der Waals surface area contributed by atoms with Crippen molar-refractivity contribution in [3.8, 4) is 11.4 Å². The van der Waals surface area contributed by atoms with E-state index in [1.165, 1.54) is 24.6 Å². The molecule has 1 saturated carbocycles. The van der Waals surface area contributed by atoms with Crippen LogP contribution in [0.2, 0.25) is 5.02 Å². The van der Waals surface area contributed by atoms with E-state index in [2.05, 4.69) is 26.6 Å². The average molecular weight is 448 g/mol. The quantitative estimate of drug-likeness (QED) is 0.616. The largest absolute Gasteiger partial charge is 0.339 e. The molecule has 2 heterocycles. The van der Waals surface area contributed by atoms with Gasteiger partial charge in [-0.2, -0.15) is 0 Å². The van der Waals surface area contributed by atoms with Crippen LogP contribution in [0.3, 0.4) is 0 Å². The molecule has 0 unspecified atom stereocenters. The fraction of sp³-hybridized carbons (Fsp3) is 0.591. The maximum Gasteiger partial charge on any atom is 0.235 e. The van der Waals surface area contributed by atoms with Crippen LogP contribution in [-0.2, 0) is 4.79 Å². The Bertz CT molecular complexity index is 874. The first kappa shape index (κ1) is 21.7. The Labute approximate surface area is 188 Å². The topological polar surface area (TPSA) is 54.3 Å². The molecular formula is C22H30ClN5OS. The zero-order chi connectivity index (χ0) is 21.1. The standard InChI is InChI=1S/C22H30ClN5OS/c1-3-26-12-14-27(15-13-26)21(29)16(2)30-22-25-24-20(18-10-6-7-11-19(18)23)28(22)17-8-4-5-9-17/h6-7,10-11,16-17H,3-5,8-9,12-15H2,1-2H3/t16-/m1/s1. The molecule has 0 radical (unpaired) electrons. The molecule has 4 rings (SSSR count). The van der Waals surface area contributed by atoms with Crippen molar-refractivity contribution in [2.75, 3.05) is 32.7 Å². The van der Waals surface area contributed by atoms with Gasteiger partial charge in [-0.3, -0.25) is 9.36 Å². The molecule has 2 aliphatic rings. The number of aromatic nitrogens is 3. The summed E-state index contributed by atoms with van der Waals surface area (Å²) in [5.74, 6) is 1.00. The highest BCUT2D eigenvalue weighted by Crippen LogP contribution is 2.39. The normalized spacial score (nSPS) is 19.4. The van der Waals surface area contributed by atoms with E-state index in [4.69, 9.17) is 11.6 Å². The minimum Gasteiger partial charge on any atom is -0.339 e. The van der Waals surface area contributed by atoms with E-state index in [9.17, 15) is 4.79 Å². The summed E-state index contributed by atoms with van der Waals surface area (Å²) >= 11 is 8.00. The van der Waals surface area contributed by atoms with E-state index >= 15 is 0 Å². The van der Waals surface area contributed by atoms with Gasteiger partial charge < -0.3 is 9.80 Å². The molecule has 30 heavy (non-hydrogen) atoms. The number of piperazine rings is 1. The van der Waals surface area contributed by atoms with Crippen LogP contribution < -0.4 is 0 Å². The number of benzene rings is 1. The van der Waals surface area contributed by atoms with Gasteiger partial charge in [0, 0.05) is 37.8 Å². The third-order valence-corrected chi connectivity index (χ3v) is 7.60. The Morgan fingerprint density at radius 1 is 1.17 bits per heavy atom. The molecule has 1 aliphatic heterocycles. The van der Waals surface area contributed by atoms with Crippen molar-refractivity contribution in [3.63, 3.8) is 0 Å². The zero-order valence-electron chi connectivity index (χ0n) is 17.8. The van der Waals surface area contributed by atoms with Crippen LogP contribution in [0.25, 0.3) is 11.4 Å². The minimum atomic E-state index is -0.193. The number of amides is 1. The summed E-state index contributed by atoms with van der Waals surface area (Å²) in [4.78, 5) is 17.4. The number of hydrogen-bond donors (Lipinski definition) is 0. The van der Waals surface area contributed by atoms with Gasteiger partial charge in [0.1, 0.15) is 0 Å². The van der Waals surface area contributed by atoms with E-state index in [1.807, 2.05) is 36.1 Å². The first-order valence-corrected chi connectivity index (χ1v) is 12.2. The molecule has 1 amide bonds. The molecule has 1 saturated heterocycles. The van der Waals surface area contributed by atoms with Crippen molar-refractivity contribution in [2.24, 2.45) is 0 Å². The average Bonchev–Trinajstić information content (AvgIpc) is 3.43. The lowest BCUT2D eigenvalue weighted by Gasteiger charge is -2.35. The number of carbonyl (C=O) groups excluding carboxylic acids is 1. The lowest BCUT2D eigenvalue weighted by Crippen LogP contribution is -2.50. The highest BCUT2D eigenvalue weighted by atomic mass is 35.5. The highest BCUT2D eigenvalue weighted by Gasteiger charge is 2.30. The lowest BCUT2D eigenvalue weighted by atomic mass is 10.2. The molecule has 162 valence electrons. The molecule has 1 aromatic carbocycles. The number of rotatable bonds is 6. The molecule has 1 atom stereocenters. The van der Waals surface area contributed by atoms with Gasteiger partial charge in [0.05, 0.1) is 10.3 Å². The zero-order valence-corrected chi connectivity index (χ0v) is 19.3. The maximum atomic E-state index is 13.1. The van der Waals surface area contributed by atoms with Crippen LogP contribution in [0.4, 0.5) is 0 Å². The monoisotopic (exact) mass is 447 g/mol. The van der Waals surface area contributed by atoms with Gasteiger partial charge in [0.2, 0.25) is 5.91 Å². The van der Waals surface area contributed by atoms with E-state index < -0.39 is 0 Å². The van der Waals surface area contributed by atoms with Gasteiger partial charge >= 0.3 is 0 Å². The number of carbonyl (C=O) groups is 1. The summed E-state index contributed by atoms with van der Waals surface area (Å²) in [5.41, 5.74) is 0.903. The molecule has 8 heteroatoms. The number of hydrogen-bond acceptors (Lipinski definition) is 5. The van der Waals surface area contributed by atoms with E-state index in [0.29, 0.717) is 11.1 Å². The van der Waals surface area contributed by atoms with Crippen LogP contribution in [0.5, 0.6) is 0 Å². The van der Waals surface area contributed by atoms with Gasteiger partial charge in [-0.15, -0.1) is 10.2 Å². The summed E-state index contributed by atoms with van der Waals surface area (Å²) < 4.78 is 2.23. The number of nitrogens with zero attached hydrogens (tertiary/aromatic N) is 5. The second kappa shape index (κ2) is 9.71. The predicted molar refractivity (Wildman–Crippen MR) is 122 cm³/mol. The smallest absolute Gasteiger partial charge is 0.235 e. The van der Waals surface area contributed by atoms with Crippen LogP contribution in [0, 0.1) is 0 Å². The van der Waals surface area contributed by atoms with Crippen LogP contribution in [-0.4, -0.2) is 68.4 Å².